The summed E-state index contributed by atoms with van der Waals surface area (Å²) in [5.74, 6) is -1.87. The van der Waals surface area contributed by atoms with E-state index in [1.165, 1.54) is 19.1 Å². The Balaban J connectivity index is 2.08. The minimum absolute atomic E-state index is 0.0822. The lowest BCUT2D eigenvalue weighted by molar-refractivity contribution is -0.145. The van der Waals surface area contributed by atoms with Crippen LogP contribution in [0.3, 0.4) is 0 Å². The summed E-state index contributed by atoms with van der Waals surface area (Å²) in [5.41, 5.74) is -0.0958. The first kappa shape index (κ1) is 26.7. The van der Waals surface area contributed by atoms with Crippen molar-refractivity contribution in [3.8, 4) is 0 Å². The quantitative estimate of drug-likeness (QED) is 0.474. The number of methoxy groups -OCH3 is 1. The van der Waals surface area contributed by atoms with Crippen LogP contribution in [0.5, 0.6) is 0 Å². The number of alkyl halides is 3. The van der Waals surface area contributed by atoms with Crippen LogP contribution in [0.4, 0.5) is 18.0 Å². The third-order valence-corrected chi connectivity index (χ3v) is 4.75. The van der Waals surface area contributed by atoms with Crippen LogP contribution in [0.15, 0.2) is 54.6 Å². The van der Waals surface area contributed by atoms with Crippen molar-refractivity contribution in [3.05, 3.63) is 71.3 Å². The first-order chi connectivity index (χ1) is 16.0. The van der Waals surface area contributed by atoms with Gasteiger partial charge < -0.3 is 25.2 Å². The minimum atomic E-state index is -4.58. The summed E-state index contributed by atoms with van der Waals surface area (Å²) in [6.07, 6.45) is -7.26. The number of halogens is 3. The Kier molecular flexibility index (Phi) is 9.43. The highest BCUT2D eigenvalue weighted by Gasteiger charge is 2.33. The zero-order valence-electron chi connectivity index (χ0n) is 18.5. The third-order valence-electron chi connectivity index (χ3n) is 4.75. The van der Waals surface area contributed by atoms with Gasteiger partial charge in [-0.25, -0.2) is 9.59 Å². The first-order valence-electron chi connectivity index (χ1n) is 10.2. The molecule has 0 bridgehead atoms. The van der Waals surface area contributed by atoms with E-state index < -0.39 is 47.9 Å². The Hall–Kier alpha value is -3.60. The lowest BCUT2D eigenvalue weighted by Gasteiger charge is -2.24. The molecule has 8 nitrogen and oxygen atoms in total. The van der Waals surface area contributed by atoms with E-state index in [4.69, 9.17) is 4.74 Å². The van der Waals surface area contributed by atoms with Gasteiger partial charge in [0.05, 0.1) is 18.8 Å². The van der Waals surface area contributed by atoms with Gasteiger partial charge in [0.1, 0.15) is 18.7 Å². The summed E-state index contributed by atoms with van der Waals surface area (Å²) in [6.45, 7) is 1.16. The molecule has 0 aliphatic carbocycles. The molecule has 0 saturated heterocycles. The zero-order chi connectivity index (χ0) is 25.3. The lowest BCUT2D eigenvalue weighted by atomic mass is 10.0. The van der Waals surface area contributed by atoms with Crippen molar-refractivity contribution < 1.29 is 42.1 Å². The zero-order valence-corrected chi connectivity index (χ0v) is 18.5. The highest BCUT2D eigenvalue weighted by molar-refractivity contribution is 5.90. The van der Waals surface area contributed by atoms with Crippen molar-refractivity contribution in [2.45, 2.75) is 44.3 Å². The number of amides is 2. The Morgan fingerprint density at radius 2 is 1.65 bits per heavy atom. The van der Waals surface area contributed by atoms with Gasteiger partial charge in [0.25, 0.3) is 0 Å². The fourth-order valence-electron chi connectivity index (χ4n) is 3.00. The highest BCUT2D eigenvalue weighted by atomic mass is 19.4. The number of alkyl carbamates (subject to hydrolysis) is 1. The molecule has 2 rings (SSSR count). The van der Waals surface area contributed by atoms with Gasteiger partial charge in [-0.05, 0) is 24.1 Å². The van der Waals surface area contributed by atoms with Crippen molar-refractivity contribution in [2.24, 2.45) is 0 Å². The van der Waals surface area contributed by atoms with Gasteiger partial charge in [0.15, 0.2) is 0 Å². The maximum absolute atomic E-state index is 13.0. The number of nitrogens with one attached hydrogen (secondary N) is 2. The van der Waals surface area contributed by atoms with E-state index in [2.05, 4.69) is 15.4 Å². The van der Waals surface area contributed by atoms with Gasteiger partial charge in [-0.1, -0.05) is 48.5 Å². The smallest absolute Gasteiger partial charge is 0.416 e. The lowest BCUT2D eigenvalue weighted by Crippen LogP contribution is -2.56. The van der Waals surface area contributed by atoms with Crippen molar-refractivity contribution in [2.75, 3.05) is 7.11 Å². The van der Waals surface area contributed by atoms with E-state index in [0.717, 1.165) is 19.2 Å². The van der Waals surface area contributed by atoms with Gasteiger partial charge in [-0.3, -0.25) is 4.79 Å². The molecule has 0 aromatic heterocycles. The molecule has 0 radical (unpaired) electrons. The van der Waals surface area contributed by atoms with Gasteiger partial charge in [0.2, 0.25) is 5.91 Å². The molecular weight excluding hydrogens is 457 g/mol. The predicted octanol–water partition coefficient (Wildman–Crippen LogP) is 2.58. The maximum atomic E-state index is 13.0. The van der Waals surface area contributed by atoms with E-state index >= 15 is 0 Å². The second kappa shape index (κ2) is 12.0. The first-order valence-corrected chi connectivity index (χ1v) is 10.2. The number of benzene rings is 2. The Labute approximate surface area is 194 Å². The predicted molar refractivity (Wildman–Crippen MR) is 114 cm³/mol. The summed E-state index contributed by atoms with van der Waals surface area (Å²) < 4.78 is 48.6. The molecular formula is C23H25F3N2O6. The van der Waals surface area contributed by atoms with Gasteiger partial charge in [-0.2, -0.15) is 13.2 Å². The molecule has 184 valence electrons. The van der Waals surface area contributed by atoms with Crippen LogP contribution in [0.1, 0.15) is 23.6 Å². The molecule has 0 spiro atoms. The van der Waals surface area contributed by atoms with E-state index in [-0.39, 0.29) is 18.6 Å². The Morgan fingerprint density at radius 1 is 1.00 bits per heavy atom. The molecule has 2 aromatic rings. The number of aliphatic hydroxyl groups excluding tert-OH is 1. The number of hydrogen-bond donors (Lipinski definition) is 3. The van der Waals surface area contributed by atoms with E-state index in [1.807, 2.05) is 0 Å². The van der Waals surface area contributed by atoms with Crippen molar-refractivity contribution in [1.29, 1.82) is 0 Å². The van der Waals surface area contributed by atoms with Crippen molar-refractivity contribution >= 4 is 18.0 Å². The SMILES string of the molecule is COC(=O)[C@@H](Cc1cccc(C(F)(F)F)c1)NC(=O)[C@@H](NC(=O)OCc1ccccc1)[C@@H](C)O. The van der Waals surface area contributed by atoms with Crippen LogP contribution in [0.25, 0.3) is 0 Å². The van der Waals surface area contributed by atoms with Crippen LogP contribution >= 0.6 is 0 Å². The largest absolute Gasteiger partial charge is 0.467 e. The normalized spacial score (nSPS) is 13.8. The number of hydrogen-bond acceptors (Lipinski definition) is 6. The number of rotatable bonds is 9. The van der Waals surface area contributed by atoms with Gasteiger partial charge in [0, 0.05) is 6.42 Å². The summed E-state index contributed by atoms with van der Waals surface area (Å²) in [4.78, 5) is 37.0. The second-order valence-electron chi connectivity index (χ2n) is 7.41. The minimum Gasteiger partial charge on any atom is -0.467 e. The molecule has 3 N–H and O–H groups in total. The van der Waals surface area contributed by atoms with Crippen LogP contribution < -0.4 is 10.6 Å². The number of ether oxygens (including phenoxy) is 2. The molecule has 0 unspecified atom stereocenters. The monoisotopic (exact) mass is 482 g/mol. The fraction of sp³-hybridized carbons (Fsp3) is 0.348. The van der Waals surface area contributed by atoms with Gasteiger partial charge in [-0.15, -0.1) is 0 Å². The number of esters is 1. The van der Waals surface area contributed by atoms with E-state index in [1.54, 1.807) is 30.3 Å². The number of carbonyl (C=O) groups excluding carboxylic acids is 3. The molecule has 0 saturated carbocycles. The number of carbonyl (C=O) groups is 3. The van der Waals surface area contributed by atoms with Crippen LogP contribution in [-0.2, 0) is 38.3 Å². The molecule has 2 amide bonds. The van der Waals surface area contributed by atoms with Crippen LogP contribution in [0, 0.1) is 0 Å². The van der Waals surface area contributed by atoms with Crippen molar-refractivity contribution in [3.63, 3.8) is 0 Å². The topological polar surface area (TPSA) is 114 Å². The fourth-order valence-corrected chi connectivity index (χ4v) is 3.00. The molecule has 0 fully saturated rings. The summed E-state index contributed by atoms with van der Waals surface area (Å²) in [6, 6.07) is 10.1. The van der Waals surface area contributed by atoms with Gasteiger partial charge >= 0.3 is 18.2 Å². The molecule has 3 atom stereocenters. The van der Waals surface area contributed by atoms with E-state index in [0.29, 0.717) is 5.56 Å². The van der Waals surface area contributed by atoms with Crippen LogP contribution in [-0.4, -0.2) is 48.4 Å². The standard InChI is InChI=1S/C23H25F3N2O6/c1-14(29)19(28-22(32)34-13-15-7-4-3-5-8-15)20(30)27-18(21(31)33-2)12-16-9-6-10-17(11-16)23(24,25)26/h3-11,14,18-19,29H,12-13H2,1-2H3,(H,27,30)(H,28,32)/t14-,18-,19+/m1/s1. The molecule has 34 heavy (non-hydrogen) atoms. The van der Waals surface area contributed by atoms with E-state index in [9.17, 15) is 32.7 Å². The third kappa shape index (κ3) is 8.07. The second-order valence-corrected chi connectivity index (χ2v) is 7.41. The summed E-state index contributed by atoms with van der Waals surface area (Å²) >= 11 is 0. The molecule has 0 aliphatic heterocycles. The maximum Gasteiger partial charge on any atom is 0.416 e. The highest BCUT2D eigenvalue weighted by Crippen LogP contribution is 2.29. The molecule has 2 aromatic carbocycles. The summed E-state index contributed by atoms with van der Waals surface area (Å²) in [5, 5.41) is 14.5. The summed E-state index contributed by atoms with van der Waals surface area (Å²) in [7, 11) is 1.05. The Bertz CT molecular complexity index is 982. The average molecular weight is 482 g/mol. The molecule has 0 heterocycles. The Morgan fingerprint density at radius 3 is 2.24 bits per heavy atom. The van der Waals surface area contributed by atoms with Crippen LogP contribution in [0.2, 0.25) is 0 Å². The molecule has 0 aliphatic rings. The average Bonchev–Trinajstić information content (AvgIpc) is 2.80. The van der Waals surface area contributed by atoms with Crippen molar-refractivity contribution in [1.82, 2.24) is 10.6 Å². The number of aliphatic hydroxyl groups is 1. The molecule has 11 heteroatoms.